The number of thiophene rings is 1. The van der Waals surface area contributed by atoms with Gasteiger partial charge < -0.3 is 4.90 Å². The summed E-state index contributed by atoms with van der Waals surface area (Å²) in [6.07, 6.45) is 0. The van der Waals surface area contributed by atoms with Crippen LogP contribution in [0, 0.1) is 0 Å². The first-order valence-corrected chi connectivity index (χ1v) is 7.66. The zero-order valence-electron chi connectivity index (χ0n) is 9.49. The third-order valence-corrected chi connectivity index (χ3v) is 4.28. The molecule has 0 bridgehead atoms. The molecule has 1 aromatic carbocycles. The van der Waals surface area contributed by atoms with Crippen LogP contribution < -0.4 is 4.90 Å². The summed E-state index contributed by atoms with van der Waals surface area (Å²) in [5.41, 5.74) is 2.44. The number of halogens is 2. The van der Waals surface area contributed by atoms with Gasteiger partial charge in [-0.3, -0.25) is 0 Å². The third kappa shape index (κ3) is 3.24. The van der Waals surface area contributed by atoms with Crippen molar-refractivity contribution in [1.29, 1.82) is 0 Å². The Morgan fingerprint density at radius 3 is 2.82 bits per heavy atom. The number of hydrogen-bond acceptors (Lipinski definition) is 2. The van der Waals surface area contributed by atoms with Gasteiger partial charge in [0.25, 0.3) is 0 Å². The molecule has 1 heterocycles. The van der Waals surface area contributed by atoms with E-state index in [1.54, 1.807) is 11.3 Å². The molecule has 17 heavy (non-hydrogen) atoms. The van der Waals surface area contributed by atoms with Gasteiger partial charge >= 0.3 is 0 Å². The Kier molecular flexibility index (Phi) is 4.48. The summed E-state index contributed by atoms with van der Waals surface area (Å²) in [7, 11) is 2.09. The second-order valence-corrected chi connectivity index (χ2v) is 5.87. The van der Waals surface area contributed by atoms with Crippen molar-refractivity contribution >= 4 is 44.6 Å². The third-order valence-electron chi connectivity index (χ3n) is 2.58. The van der Waals surface area contributed by atoms with Crippen LogP contribution in [0.5, 0.6) is 0 Å². The fraction of sp³-hybridized carbons (Fsp3) is 0.231. The van der Waals surface area contributed by atoms with Gasteiger partial charge in [-0.25, -0.2) is 0 Å². The van der Waals surface area contributed by atoms with Crippen LogP contribution in [-0.4, -0.2) is 7.05 Å². The van der Waals surface area contributed by atoms with Gasteiger partial charge in [-0.15, -0.1) is 11.3 Å². The van der Waals surface area contributed by atoms with Gasteiger partial charge in [0.05, 0.1) is 6.54 Å². The Bertz CT molecular complexity index is 484. The Morgan fingerprint density at radius 1 is 1.35 bits per heavy atom. The van der Waals surface area contributed by atoms with Crippen LogP contribution in [0.25, 0.3) is 0 Å². The monoisotopic (exact) mass is 329 g/mol. The molecule has 2 rings (SSSR count). The molecule has 0 atom stereocenters. The number of anilines is 1. The predicted octanol–water partition coefficient (Wildman–Crippen LogP) is 4.93. The number of nitrogens with zero attached hydrogens (tertiary/aromatic N) is 1. The highest BCUT2D eigenvalue weighted by molar-refractivity contribution is 9.08. The maximum Gasteiger partial charge on any atom is 0.0519 e. The number of alkyl halides is 1. The summed E-state index contributed by atoms with van der Waals surface area (Å²) in [6.45, 7) is 0.915. The Hall–Kier alpha value is -0.510. The molecule has 90 valence electrons. The predicted molar refractivity (Wildman–Crippen MR) is 80.5 cm³/mol. The van der Waals surface area contributed by atoms with E-state index < -0.39 is 0 Å². The van der Waals surface area contributed by atoms with Crippen molar-refractivity contribution in [2.24, 2.45) is 0 Å². The molecule has 0 radical (unpaired) electrons. The summed E-state index contributed by atoms with van der Waals surface area (Å²) >= 11 is 11.3. The maximum atomic E-state index is 6.06. The molecular weight excluding hydrogens is 318 g/mol. The molecule has 0 aliphatic heterocycles. The second-order valence-electron chi connectivity index (χ2n) is 3.84. The largest absolute Gasteiger partial charge is 0.369 e. The average molecular weight is 331 g/mol. The van der Waals surface area contributed by atoms with Crippen LogP contribution in [0.2, 0.25) is 5.02 Å². The van der Waals surface area contributed by atoms with Crippen LogP contribution >= 0.6 is 38.9 Å². The van der Waals surface area contributed by atoms with Crippen molar-refractivity contribution in [3.8, 4) is 0 Å². The van der Waals surface area contributed by atoms with E-state index in [1.165, 1.54) is 16.1 Å². The standard InChI is InChI=1S/C13H13BrClNS/c1-16(9-12-3-2-6-17-12)13-7-11(15)5-4-10(13)8-14/h2-7H,8-9H2,1H3. The van der Waals surface area contributed by atoms with Gasteiger partial charge in [0.2, 0.25) is 0 Å². The molecule has 0 amide bonds. The SMILES string of the molecule is CN(Cc1cccs1)c1cc(Cl)ccc1CBr. The Morgan fingerprint density at radius 2 is 2.18 bits per heavy atom. The molecule has 0 fully saturated rings. The van der Waals surface area contributed by atoms with Crippen LogP contribution in [0.1, 0.15) is 10.4 Å². The molecule has 0 aliphatic carbocycles. The van der Waals surface area contributed by atoms with Crippen LogP contribution in [0.3, 0.4) is 0 Å². The molecule has 0 saturated carbocycles. The van der Waals surface area contributed by atoms with E-state index in [9.17, 15) is 0 Å². The van der Waals surface area contributed by atoms with E-state index in [0.717, 1.165) is 16.9 Å². The lowest BCUT2D eigenvalue weighted by Crippen LogP contribution is -2.17. The Balaban J connectivity index is 2.23. The molecule has 0 aliphatic rings. The Labute approximate surface area is 119 Å². The van der Waals surface area contributed by atoms with E-state index in [-0.39, 0.29) is 0 Å². The number of rotatable bonds is 4. The minimum Gasteiger partial charge on any atom is -0.369 e. The second kappa shape index (κ2) is 5.89. The molecule has 0 saturated heterocycles. The molecule has 1 aromatic heterocycles. The van der Waals surface area contributed by atoms with E-state index in [0.29, 0.717) is 0 Å². The first-order valence-electron chi connectivity index (χ1n) is 5.28. The minimum atomic E-state index is 0.780. The fourth-order valence-corrected chi connectivity index (χ4v) is 3.12. The quantitative estimate of drug-likeness (QED) is 0.718. The van der Waals surface area contributed by atoms with Crippen LogP contribution in [-0.2, 0) is 11.9 Å². The molecule has 1 nitrogen and oxygen atoms in total. The van der Waals surface area contributed by atoms with Gasteiger partial charge in [0.15, 0.2) is 0 Å². The minimum absolute atomic E-state index is 0.780. The molecular formula is C13H13BrClNS. The number of hydrogen-bond donors (Lipinski definition) is 0. The molecule has 0 N–H and O–H groups in total. The van der Waals surface area contributed by atoms with Crippen LogP contribution in [0.4, 0.5) is 5.69 Å². The highest BCUT2D eigenvalue weighted by atomic mass is 79.9. The van der Waals surface area contributed by atoms with E-state index in [2.05, 4.69) is 51.5 Å². The molecule has 2 aromatic rings. The van der Waals surface area contributed by atoms with Gasteiger partial charge in [0.1, 0.15) is 0 Å². The normalized spacial score (nSPS) is 10.5. The first kappa shape index (κ1) is 12.9. The summed E-state index contributed by atoms with van der Waals surface area (Å²) in [6, 6.07) is 10.3. The number of benzene rings is 1. The van der Waals surface area contributed by atoms with Gasteiger partial charge in [-0.2, -0.15) is 0 Å². The summed E-state index contributed by atoms with van der Waals surface area (Å²) < 4.78 is 0. The van der Waals surface area contributed by atoms with Gasteiger partial charge in [-0.1, -0.05) is 39.7 Å². The fourth-order valence-electron chi connectivity index (χ4n) is 1.73. The zero-order valence-corrected chi connectivity index (χ0v) is 12.6. The van der Waals surface area contributed by atoms with E-state index in [4.69, 9.17) is 11.6 Å². The van der Waals surface area contributed by atoms with Gasteiger partial charge in [-0.05, 0) is 29.1 Å². The molecule has 0 spiro atoms. The average Bonchev–Trinajstić information content (AvgIpc) is 2.81. The lowest BCUT2D eigenvalue weighted by molar-refractivity contribution is 0.933. The van der Waals surface area contributed by atoms with Crippen molar-refractivity contribution in [3.05, 3.63) is 51.2 Å². The highest BCUT2D eigenvalue weighted by Crippen LogP contribution is 2.27. The summed E-state index contributed by atoms with van der Waals surface area (Å²) in [5.74, 6) is 0. The lowest BCUT2D eigenvalue weighted by Gasteiger charge is -2.21. The smallest absolute Gasteiger partial charge is 0.0519 e. The van der Waals surface area contributed by atoms with Crippen molar-refractivity contribution in [3.63, 3.8) is 0 Å². The highest BCUT2D eigenvalue weighted by Gasteiger charge is 2.08. The van der Waals surface area contributed by atoms with Crippen molar-refractivity contribution in [2.45, 2.75) is 11.9 Å². The zero-order chi connectivity index (χ0) is 12.3. The summed E-state index contributed by atoms with van der Waals surface area (Å²) in [5, 5.41) is 3.73. The summed E-state index contributed by atoms with van der Waals surface area (Å²) in [4.78, 5) is 3.59. The maximum absolute atomic E-state index is 6.06. The first-order chi connectivity index (χ1) is 8.20. The molecule has 0 unspecified atom stereocenters. The van der Waals surface area contributed by atoms with E-state index >= 15 is 0 Å². The van der Waals surface area contributed by atoms with Crippen molar-refractivity contribution in [2.75, 3.05) is 11.9 Å². The van der Waals surface area contributed by atoms with Gasteiger partial charge in [0, 0.05) is 28.0 Å². The topological polar surface area (TPSA) is 3.24 Å². The molecule has 4 heteroatoms. The van der Waals surface area contributed by atoms with Crippen molar-refractivity contribution in [1.82, 2.24) is 0 Å². The van der Waals surface area contributed by atoms with Crippen LogP contribution in [0.15, 0.2) is 35.7 Å². The lowest BCUT2D eigenvalue weighted by atomic mass is 10.2. The van der Waals surface area contributed by atoms with Crippen molar-refractivity contribution < 1.29 is 0 Å². The van der Waals surface area contributed by atoms with E-state index in [1.807, 2.05) is 12.1 Å².